The maximum absolute atomic E-state index is 12.6. The smallest absolute Gasteiger partial charge is 0.434 e. The minimum atomic E-state index is -4.40. The van der Waals surface area contributed by atoms with E-state index in [2.05, 4.69) is 20.6 Å². The molecular formula is C20H26F3IN4O2S. The highest BCUT2D eigenvalue weighted by atomic mass is 127. The summed E-state index contributed by atoms with van der Waals surface area (Å²) in [6, 6.07) is 6.03. The lowest BCUT2D eigenvalue weighted by atomic mass is 10.1. The molecule has 0 bridgehead atoms. The highest BCUT2D eigenvalue weighted by Crippen LogP contribution is 2.30. The van der Waals surface area contributed by atoms with Crippen molar-refractivity contribution in [3.05, 3.63) is 45.4 Å². The van der Waals surface area contributed by atoms with Gasteiger partial charge in [0.25, 0.3) is 0 Å². The molecule has 1 aliphatic rings. The quantitative estimate of drug-likeness (QED) is 0.298. The van der Waals surface area contributed by atoms with Crippen molar-refractivity contribution in [1.29, 1.82) is 0 Å². The molecule has 0 aliphatic carbocycles. The van der Waals surface area contributed by atoms with Gasteiger partial charge < -0.3 is 20.1 Å². The average Bonchev–Trinajstić information content (AvgIpc) is 3.37. The van der Waals surface area contributed by atoms with Crippen molar-refractivity contribution in [3.8, 4) is 5.75 Å². The molecule has 0 saturated carbocycles. The van der Waals surface area contributed by atoms with Gasteiger partial charge in [-0.1, -0.05) is 12.1 Å². The molecule has 2 heterocycles. The fraction of sp³-hybridized carbons (Fsp3) is 0.500. The Labute approximate surface area is 200 Å². The van der Waals surface area contributed by atoms with Crippen molar-refractivity contribution in [2.45, 2.75) is 38.6 Å². The molecule has 11 heteroatoms. The van der Waals surface area contributed by atoms with Gasteiger partial charge in [-0.3, -0.25) is 4.99 Å². The Hall–Kier alpha value is -1.60. The highest BCUT2D eigenvalue weighted by molar-refractivity contribution is 14.0. The molecule has 0 radical (unpaired) electrons. The zero-order chi connectivity index (χ0) is 21.6. The maximum Gasteiger partial charge on any atom is 0.434 e. The first kappa shape index (κ1) is 25.7. The number of ether oxygens (including phenoxy) is 2. The third-order valence-corrected chi connectivity index (χ3v) is 5.46. The van der Waals surface area contributed by atoms with E-state index in [4.69, 9.17) is 9.47 Å². The number of nitrogens with one attached hydrogen (secondary N) is 2. The third-order valence-electron chi connectivity index (χ3n) is 4.55. The van der Waals surface area contributed by atoms with Gasteiger partial charge in [-0.25, -0.2) is 4.98 Å². The van der Waals surface area contributed by atoms with E-state index in [1.807, 2.05) is 25.1 Å². The van der Waals surface area contributed by atoms with Gasteiger partial charge >= 0.3 is 6.18 Å². The Morgan fingerprint density at radius 2 is 2.16 bits per heavy atom. The summed E-state index contributed by atoms with van der Waals surface area (Å²) in [6.07, 6.45) is -3.10. The predicted molar refractivity (Wildman–Crippen MR) is 125 cm³/mol. The van der Waals surface area contributed by atoms with Crippen LogP contribution in [0.3, 0.4) is 0 Å². The first-order chi connectivity index (χ1) is 14.3. The van der Waals surface area contributed by atoms with Crippen LogP contribution < -0.4 is 15.4 Å². The Balaban J connectivity index is 0.00000341. The molecule has 31 heavy (non-hydrogen) atoms. The normalized spacial score (nSPS) is 16.7. The summed E-state index contributed by atoms with van der Waals surface area (Å²) in [6.45, 7) is 4.24. The van der Waals surface area contributed by atoms with Crippen molar-refractivity contribution >= 4 is 41.3 Å². The van der Waals surface area contributed by atoms with Gasteiger partial charge in [0.2, 0.25) is 0 Å². The molecule has 0 spiro atoms. The van der Waals surface area contributed by atoms with Crippen LogP contribution in [-0.4, -0.2) is 43.9 Å². The van der Waals surface area contributed by atoms with Crippen LogP contribution in [0.2, 0.25) is 0 Å². The number of alkyl halides is 3. The minimum Gasteiger partial charge on any atom is -0.488 e. The van der Waals surface area contributed by atoms with E-state index in [9.17, 15) is 13.2 Å². The predicted octanol–water partition coefficient (Wildman–Crippen LogP) is 4.16. The summed E-state index contributed by atoms with van der Waals surface area (Å²) in [7, 11) is 1.64. The summed E-state index contributed by atoms with van der Waals surface area (Å²) in [4.78, 5) is 7.80. The molecule has 1 atom stereocenters. The van der Waals surface area contributed by atoms with Gasteiger partial charge in [0.05, 0.1) is 18.2 Å². The number of rotatable bonds is 7. The van der Waals surface area contributed by atoms with Crippen molar-refractivity contribution in [2.24, 2.45) is 4.99 Å². The molecule has 2 N–H and O–H groups in total. The Bertz CT molecular complexity index is 870. The third kappa shape index (κ3) is 7.79. The summed E-state index contributed by atoms with van der Waals surface area (Å²) in [5, 5.41) is 7.79. The monoisotopic (exact) mass is 570 g/mol. The lowest BCUT2D eigenvalue weighted by molar-refractivity contribution is -0.140. The van der Waals surface area contributed by atoms with E-state index in [1.165, 1.54) is 0 Å². The van der Waals surface area contributed by atoms with Crippen molar-refractivity contribution < 1.29 is 22.6 Å². The number of hydrogen-bond acceptors (Lipinski definition) is 5. The zero-order valence-corrected chi connectivity index (χ0v) is 20.4. The summed E-state index contributed by atoms with van der Waals surface area (Å²) in [5.41, 5.74) is 1.26. The number of aromatic nitrogens is 1. The van der Waals surface area contributed by atoms with E-state index in [1.54, 1.807) is 7.05 Å². The number of thiazole rings is 1. The Morgan fingerprint density at radius 1 is 1.35 bits per heavy atom. The SMILES string of the molecule is CN=C(NCCc1nc(C(F)(F)F)cs1)NCc1ccc(C)cc1OC1CCOC1.I. The fourth-order valence-electron chi connectivity index (χ4n) is 2.95. The molecule has 0 amide bonds. The molecule has 1 aromatic heterocycles. The summed E-state index contributed by atoms with van der Waals surface area (Å²) < 4.78 is 49.4. The largest absolute Gasteiger partial charge is 0.488 e. The molecule has 1 aliphatic heterocycles. The number of aryl methyl sites for hydroxylation is 1. The average molecular weight is 570 g/mol. The van der Waals surface area contributed by atoms with Crippen LogP contribution in [-0.2, 0) is 23.9 Å². The van der Waals surface area contributed by atoms with Gasteiger partial charge in [0, 0.05) is 43.9 Å². The van der Waals surface area contributed by atoms with Crippen LogP contribution in [0.5, 0.6) is 5.75 Å². The molecule has 172 valence electrons. The minimum absolute atomic E-state index is 0. The lowest BCUT2D eigenvalue weighted by Crippen LogP contribution is -2.38. The summed E-state index contributed by atoms with van der Waals surface area (Å²) >= 11 is 1.01. The van der Waals surface area contributed by atoms with Gasteiger partial charge in [0.1, 0.15) is 11.9 Å². The Morgan fingerprint density at radius 3 is 2.81 bits per heavy atom. The van der Waals surface area contributed by atoms with Crippen LogP contribution in [0.1, 0.15) is 28.2 Å². The Kier molecular flexibility index (Phi) is 9.82. The van der Waals surface area contributed by atoms with Crippen molar-refractivity contribution in [1.82, 2.24) is 15.6 Å². The molecule has 1 aromatic carbocycles. The lowest BCUT2D eigenvalue weighted by Gasteiger charge is -2.18. The zero-order valence-electron chi connectivity index (χ0n) is 17.3. The van der Waals surface area contributed by atoms with Crippen LogP contribution in [0, 0.1) is 6.92 Å². The van der Waals surface area contributed by atoms with Crippen molar-refractivity contribution in [2.75, 3.05) is 26.8 Å². The topological polar surface area (TPSA) is 67.8 Å². The number of halogens is 4. The molecule has 2 aromatic rings. The number of hydrogen-bond donors (Lipinski definition) is 2. The first-order valence-electron chi connectivity index (χ1n) is 9.65. The molecular weight excluding hydrogens is 544 g/mol. The van der Waals surface area contributed by atoms with E-state index in [0.717, 1.165) is 40.0 Å². The number of guanidine groups is 1. The van der Waals surface area contributed by atoms with E-state index in [0.29, 0.717) is 43.7 Å². The van der Waals surface area contributed by atoms with Crippen molar-refractivity contribution in [3.63, 3.8) is 0 Å². The fourth-order valence-corrected chi connectivity index (χ4v) is 3.75. The molecule has 3 rings (SSSR count). The second-order valence-electron chi connectivity index (χ2n) is 6.94. The van der Waals surface area contributed by atoms with Crippen LogP contribution in [0.4, 0.5) is 13.2 Å². The van der Waals surface area contributed by atoms with Crippen LogP contribution in [0.15, 0.2) is 28.6 Å². The van der Waals surface area contributed by atoms with Gasteiger partial charge in [-0.15, -0.1) is 35.3 Å². The highest BCUT2D eigenvalue weighted by Gasteiger charge is 2.33. The number of benzene rings is 1. The number of aliphatic imine (C=N–C) groups is 1. The maximum atomic E-state index is 12.6. The molecule has 1 fully saturated rings. The van der Waals surface area contributed by atoms with Crippen LogP contribution in [0.25, 0.3) is 0 Å². The van der Waals surface area contributed by atoms with Gasteiger partial charge in [0.15, 0.2) is 11.7 Å². The van der Waals surface area contributed by atoms with Gasteiger partial charge in [-0.2, -0.15) is 13.2 Å². The second-order valence-corrected chi connectivity index (χ2v) is 7.88. The first-order valence-corrected chi connectivity index (χ1v) is 10.5. The standard InChI is InChI=1S/C20H25F3N4O2S.HI/c1-13-3-4-14(16(9-13)29-15-6-8-28-11-15)10-26-19(24-2)25-7-5-18-27-17(12-30-18)20(21,22)23;/h3-4,9,12,15H,5-8,10-11H2,1-2H3,(H2,24,25,26);1H. The number of nitrogens with zero attached hydrogens (tertiary/aromatic N) is 2. The summed E-state index contributed by atoms with van der Waals surface area (Å²) in [5.74, 6) is 1.37. The van der Waals surface area contributed by atoms with E-state index in [-0.39, 0.29) is 30.1 Å². The molecule has 6 nitrogen and oxygen atoms in total. The molecule has 1 saturated heterocycles. The van der Waals surface area contributed by atoms with Crippen LogP contribution >= 0.6 is 35.3 Å². The molecule has 1 unspecified atom stereocenters. The van der Waals surface area contributed by atoms with Gasteiger partial charge in [-0.05, 0) is 18.6 Å². The van der Waals surface area contributed by atoms with E-state index < -0.39 is 11.9 Å². The second kappa shape index (κ2) is 11.9. The van der Waals surface area contributed by atoms with E-state index >= 15 is 0 Å².